The molecule has 2 unspecified atom stereocenters. The summed E-state index contributed by atoms with van der Waals surface area (Å²) in [6, 6.07) is 8.18. The van der Waals surface area contributed by atoms with Crippen molar-refractivity contribution in [3.8, 4) is 0 Å². The van der Waals surface area contributed by atoms with Gasteiger partial charge in [-0.15, -0.1) is 0 Å². The van der Waals surface area contributed by atoms with Gasteiger partial charge < -0.3 is 4.74 Å². The van der Waals surface area contributed by atoms with Crippen molar-refractivity contribution in [2.75, 3.05) is 12.9 Å². The normalized spacial score (nSPS) is 21.3. The molecule has 2 rings (SSSR count). The summed E-state index contributed by atoms with van der Waals surface area (Å²) < 4.78 is 32.4. The second-order valence-electron chi connectivity index (χ2n) is 5.98. The number of carbonyl (C=O) groups excluding carboxylic acids is 1. The molecule has 1 aromatic carbocycles. The molecule has 0 spiro atoms. The van der Waals surface area contributed by atoms with Crippen LogP contribution in [0, 0.1) is 0 Å². The second-order valence-corrected chi connectivity index (χ2v) is 7.58. The molecule has 0 radical (unpaired) electrons. The van der Waals surface area contributed by atoms with Gasteiger partial charge in [-0.1, -0.05) is 24.3 Å². The van der Waals surface area contributed by atoms with Crippen LogP contribution in [-0.4, -0.2) is 33.4 Å². The van der Waals surface area contributed by atoms with Crippen molar-refractivity contribution < 1.29 is 22.1 Å². The van der Waals surface area contributed by atoms with E-state index in [0.717, 1.165) is 31.1 Å². The van der Waals surface area contributed by atoms with E-state index < -0.39 is 10.1 Å². The first kappa shape index (κ1) is 17.9. The molecule has 0 N–H and O–H groups in total. The van der Waals surface area contributed by atoms with Crippen molar-refractivity contribution in [2.24, 2.45) is 0 Å². The SMILES string of the molecule is CCOC(=O)CCc1ccc(C2CCC(OS(C)(=O)=O)C2)cc1. The number of esters is 1. The number of aryl methyl sites for hydroxylation is 1. The van der Waals surface area contributed by atoms with Crippen LogP contribution < -0.4 is 0 Å². The highest BCUT2D eigenvalue weighted by Gasteiger charge is 2.28. The number of hydrogen-bond acceptors (Lipinski definition) is 5. The van der Waals surface area contributed by atoms with Crippen molar-refractivity contribution in [1.82, 2.24) is 0 Å². The summed E-state index contributed by atoms with van der Waals surface area (Å²) in [5, 5.41) is 0. The lowest BCUT2D eigenvalue weighted by Crippen LogP contribution is -2.14. The Morgan fingerprint density at radius 1 is 1.22 bits per heavy atom. The third kappa shape index (κ3) is 5.95. The topological polar surface area (TPSA) is 69.7 Å². The molecule has 1 aromatic rings. The fourth-order valence-corrected chi connectivity index (χ4v) is 3.68. The highest BCUT2D eigenvalue weighted by Crippen LogP contribution is 2.36. The van der Waals surface area contributed by atoms with Crippen LogP contribution in [0.4, 0.5) is 0 Å². The fraction of sp³-hybridized carbons (Fsp3) is 0.588. The summed E-state index contributed by atoms with van der Waals surface area (Å²) in [6.45, 7) is 2.21. The molecule has 0 aliphatic heterocycles. The van der Waals surface area contributed by atoms with Gasteiger partial charge in [0, 0.05) is 6.42 Å². The van der Waals surface area contributed by atoms with Crippen molar-refractivity contribution >= 4 is 16.1 Å². The number of rotatable bonds is 7. The van der Waals surface area contributed by atoms with E-state index in [-0.39, 0.29) is 12.1 Å². The van der Waals surface area contributed by atoms with E-state index in [1.165, 1.54) is 5.56 Å². The third-order valence-electron chi connectivity index (χ3n) is 4.07. The molecule has 0 aromatic heterocycles. The van der Waals surface area contributed by atoms with Crippen molar-refractivity contribution in [3.05, 3.63) is 35.4 Å². The largest absolute Gasteiger partial charge is 0.466 e. The smallest absolute Gasteiger partial charge is 0.306 e. The summed E-state index contributed by atoms with van der Waals surface area (Å²) in [7, 11) is -3.38. The van der Waals surface area contributed by atoms with E-state index in [1.807, 2.05) is 12.1 Å². The van der Waals surface area contributed by atoms with Gasteiger partial charge in [0.15, 0.2) is 0 Å². The molecule has 5 nitrogen and oxygen atoms in total. The van der Waals surface area contributed by atoms with Crippen molar-refractivity contribution in [1.29, 1.82) is 0 Å². The lowest BCUT2D eigenvalue weighted by atomic mass is 9.96. The van der Waals surface area contributed by atoms with E-state index >= 15 is 0 Å². The molecule has 128 valence electrons. The zero-order chi connectivity index (χ0) is 16.9. The quantitative estimate of drug-likeness (QED) is 0.564. The molecular weight excluding hydrogens is 316 g/mol. The van der Waals surface area contributed by atoms with Crippen LogP contribution in [0.25, 0.3) is 0 Å². The maximum atomic E-state index is 11.4. The van der Waals surface area contributed by atoms with Crippen LogP contribution in [0.1, 0.15) is 49.7 Å². The summed E-state index contributed by atoms with van der Waals surface area (Å²) in [5.74, 6) is 0.161. The Balaban J connectivity index is 1.87. The van der Waals surface area contributed by atoms with Crippen LogP contribution in [0.5, 0.6) is 0 Å². The molecule has 1 aliphatic carbocycles. The Morgan fingerprint density at radius 3 is 2.52 bits per heavy atom. The van der Waals surface area contributed by atoms with Gasteiger partial charge in [0.1, 0.15) is 0 Å². The minimum atomic E-state index is -3.38. The van der Waals surface area contributed by atoms with Crippen LogP contribution in [-0.2, 0) is 30.3 Å². The lowest BCUT2D eigenvalue weighted by molar-refractivity contribution is -0.143. The second kappa shape index (κ2) is 7.93. The fourth-order valence-electron chi connectivity index (χ4n) is 3.01. The Hall–Kier alpha value is -1.40. The summed E-state index contributed by atoms with van der Waals surface area (Å²) in [5.41, 5.74) is 2.30. The standard InChI is InChI=1S/C17H24O5S/c1-3-21-17(18)11-6-13-4-7-14(8-5-13)15-9-10-16(12-15)22-23(2,19)20/h4-5,7-8,15-16H,3,6,9-12H2,1-2H3. The van der Waals surface area contributed by atoms with Crippen LogP contribution in [0.2, 0.25) is 0 Å². The van der Waals surface area contributed by atoms with Gasteiger partial charge in [-0.3, -0.25) is 8.98 Å². The number of carbonyl (C=O) groups is 1. The number of ether oxygens (including phenoxy) is 1. The molecule has 0 amide bonds. The Labute approximate surface area is 138 Å². The first-order valence-electron chi connectivity index (χ1n) is 8.00. The molecule has 0 saturated heterocycles. The van der Waals surface area contributed by atoms with Gasteiger partial charge in [0.2, 0.25) is 0 Å². The molecule has 1 fully saturated rings. The van der Waals surface area contributed by atoms with E-state index in [4.69, 9.17) is 8.92 Å². The molecule has 0 bridgehead atoms. The Bertz CT molecular complexity index is 621. The molecule has 23 heavy (non-hydrogen) atoms. The van der Waals surface area contributed by atoms with Crippen molar-refractivity contribution in [2.45, 2.75) is 51.0 Å². The molecule has 6 heteroatoms. The van der Waals surface area contributed by atoms with Gasteiger partial charge in [0.25, 0.3) is 10.1 Å². The van der Waals surface area contributed by atoms with Gasteiger partial charge in [-0.2, -0.15) is 8.42 Å². The zero-order valence-electron chi connectivity index (χ0n) is 13.7. The van der Waals surface area contributed by atoms with Crippen LogP contribution >= 0.6 is 0 Å². The predicted octanol–water partition coefficient (Wildman–Crippen LogP) is 2.79. The average Bonchev–Trinajstić information content (AvgIpc) is 2.92. The van der Waals surface area contributed by atoms with Crippen LogP contribution in [0.3, 0.4) is 0 Å². The minimum Gasteiger partial charge on any atom is -0.466 e. The van der Waals surface area contributed by atoms with E-state index in [9.17, 15) is 13.2 Å². The minimum absolute atomic E-state index is 0.173. The Kier molecular flexibility index (Phi) is 6.18. The van der Waals surface area contributed by atoms with Gasteiger partial charge in [-0.25, -0.2) is 0 Å². The highest BCUT2D eigenvalue weighted by molar-refractivity contribution is 7.86. The van der Waals surface area contributed by atoms with Crippen LogP contribution in [0.15, 0.2) is 24.3 Å². The maximum absolute atomic E-state index is 11.4. The number of hydrogen-bond donors (Lipinski definition) is 0. The first-order chi connectivity index (χ1) is 10.9. The zero-order valence-corrected chi connectivity index (χ0v) is 14.5. The first-order valence-corrected chi connectivity index (χ1v) is 9.81. The summed E-state index contributed by atoms with van der Waals surface area (Å²) in [6.07, 6.45) is 4.38. The van der Waals surface area contributed by atoms with Gasteiger partial charge in [0.05, 0.1) is 19.0 Å². The van der Waals surface area contributed by atoms with Crippen molar-refractivity contribution in [3.63, 3.8) is 0 Å². The highest BCUT2D eigenvalue weighted by atomic mass is 32.2. The van der Waals surface area contributed by atoms with Gasteiger partial charge >= 0.3 is 5.97 Å². The number of benzene rings is 1. The Morgan fingerprint density at radius 2 is 1.91 bits per heavy atom. The van der Waals surface area contributed by atoms with Gasteiger partial charge in [-0.05, 0) is 49.7 Å². The maximum Gasteiger partial charge on any atom is 0.306 e. The third-order valence-corrected chi connectivity index (χ3v) is 4.69. The molecule has 2 atom stereocenters. The molecule has 1 saturated carbocycles. The molecular formula is C17H24O5S. The van der Waals surface area contributed by atoms with E-state index in [1.54, 1.807) is 6.92 Å². The lowest BCUT2D eigenvalue weighted by Gasteiger charge is -2.12. The summed E-state index contributed by atoms with van der Waals surface area (Å²) >= 11 is 0. The monoisotopic (exact) mass is 340 g/mol. The summed E-state index contributed by atoms with van der Waals surface area (Å²) in [4.78, 5) is 11.4. The molecule has 0 heterocycles. The van der Waals surface area contributed by atoms with E-state index in [2.05, 4.69) is 12.1 Å². The average molecular weight is 340 g/mol. The van der Waals surface area contributed by atoms with E-state index in [0.29, 0.717) is 25.4 Å². The predicted molar refractivity (Wildman–Crippen MR) is 87.7 cm³/mol. The molecule has 1 aliphatic rings.